The number of ether oxygens (including phenoxy) is 1. The molecule has 0 aromatic heterocycles. The minimum atomic E-state index is -0.408. The smallest absolute Gasteiger partial charge is 0.306 e. The number of carbonyl (C=O) groups excluding carboxylic acids is 2. The van der Waals surface area contributed by atoms with Crippen LogP contribution in [0.3, 0.4) is 0 Å². The number of aliphatic hydroxyl groups excluding tert-OH is 1. The maximum Gasteiger partial charge on any atom is 0.306 e. The molecular formula is C7H13NO4. The van der Waals surface area contributed by atoms with Crippen LogP contribution in [0.4, 0.5) is 0 Å². The van der Waals surface area contributed by atoms with Crippen LogP contribution in [0.15, 0.2) is 0 Å². The van der Waals surface area contributed by atoms with E-state index in [2.05, 4.69) is 10.1 Å². The predicted molar refractivity (Wildman–Crippen MR) is 41.3 cm³/mol. The highest BCUT2D eigenvalue weighted by atomic mass is 16.5. The molecule has 12 heavy (non-hydrogen) atoms. The van der Waals surface area contributed by atoms with Crippen molar-refractivity contribution in [1.82, 2.24) is 5.32 Å². The van der Waals surface area contributed by atoms with E-state index in [1.165, 1.54) is 7.11 Å². The maximum absolute atomic E-state index is 10.8. The second-order valence-corrected chi connectivity index (χ2v) is 2.15. The van der Waals surface area contributed by atoms with Gasteiger partial charge in [-0.05, 0) is 0 Å². The quantitative estimate of drug-likeness (QED) is 0.528. The van der Waals surface area contributed by atoms with Crippen molar-refractivity contribution >= 4 is 11.9 Å². The van der Waals surface area contributed by atoms with E-state index >= 15 is 0 Å². The lowest BCUT2D eigenvalue weighted by atomic mass is 10.3. The summed E-state index contributed by atoms with van der Waals surface area (Å²) >= 11 is 0. The fourth-order valence-corrected chi connectivity index (χ4v) is 0.601. The van der Waals surface area contributed by atoms with E-state index in [0.29, 0.717) is 0 Å². The molecule has 0 saturated heterocycles. The molecule has 5 heteroatoms. The van der Waals surface area contributed by atoms with E-state index in [-0.39, 0.29) is 31.9 Å². The van der Waals surface area contributed by atoms with Crippen molar-refractivity contribution in [3.63, 3.8) is 0 Å². The van der Waals surface area contributed by atoms with Crippen LogP contribution >= 0.6 is 0 Å². The molecule has 5 nitrogen and oxygen atoms in total. The van der Waals surface area contributed by atoms with Gasteiger partial charge in [0.1, 0.15) is 0 Å². The molecule has 0 aromatic rings. The van der Waals surface area contributed by atoms with Crippen molar-refractivity contribution < 1.29 is 19.4 Å². The second kappa shape index (κ2) is 6.60. The lowest BCUT2D eigenvalue weighted by Gasteiger charge is -2.01. The normalized spacial score (nSPS) is 9.17. The number of methoxy groups -OCH3 is 1. The van der Waals surface area contributed by atoms with Crippen molar-refractivity contribution in [2.75, 3.05) is 20.3 Å². The molecule has 2 N–H and O–H groups in total. The van der Waals surface area contributed by atoms with Gasteiger partial charge in [0.05, 0.1) is 20.1 Å². The third-order valence-corrected chi connectivity index (χ3v) is 1.22. The average Bonchev–Trinajstić information content (AvgIpc) is 2.10. The third-order valence-electron chi connectivity index (χ3n) is 1.22. The van der Waals surface area contributed by atoms with Crippen LogP contribution in [0.1, 0.15) is 12.8 Å². The minimum Gasteiger partial charge on any atom is -0.469 e. The highest BCUT2D eigenvalue weighted by Gasteiger charge is 2.04. The highest BCUT2D eigenvalue weighted by molar-refractivity contribution is 5.81. The van der Waals surface area contributed by atoms with Crippen LogP contribution in [0.5, 0.6) is 0 Å². The largest absolute Gasteiger partial charge is 0.469 e. The number of hydrogen-bond donors (Lipinski definition) is 2. The lowest BCUT2D eigenvalue weighted by Crippen LogP contribution is -2.26. The molecule has 0 aromatic carbocycles. The van der Waals surface area contributed by atoms with Gasteiger partial charge in [-0.3, -0.25) is 9.59 Å². The zero-order chi connectivity index (χ0) is 9.40. The van der Waals surface area contributed by atoms with Crippen LogP contribution in [0, 0.1) is 0 Å². The molecule has 0 heterocycles. The van der Waals surface area contributed by atoms with Crippen molar-refractivity contribution in [2.24, 2.45) is 0 Å². The Hall–Kier alpha value is -1.10. The summed E-state index contributed by atoms with van der Waals surface area (Å²) in [6.45, 7) is 0.129. The Bertz CT molecular complexity index is 157. The summed E-state index contributed by atoms with van der Waals surface area (Å²) in [7, 11) is 1.27. The van der Waals surface area contributed by atoms with Gasteiger partial charge in [0.25, 0.3) is 0 Å². The topological polar surface area (TPSA) is 75.6 Å². The number of rotatable bonds is 5. The monoisotopic (exact) mass is 175 g/mol. The number of amides is 1. The van der Waals surface area contributed by atoms with E-state index in [9.17, 15) is 9.59 Å². The van der Waals surface area contributed by atoms with E-state index < -0.39 is 5.97 Å². The predicted octanol–water partition coefficient (Wildman–Crippen LogP) is -0.952. The van der Waals surface area contributed by atoms with E-state index in [4.69, 9.17) is 5.11 Å². The molecule has 0 unspecified atom stereocenters. The molecule has 0 fully saturated rings. The van der Waals surface area contributed by atoms with Gasteiger partial charge in [-0.25, -0.2) is 0 Å². The van der Waals surface area contributed by atoms with Gasteiger partial charge < -0.3 is 15.2 Å². The number of aliphatic hydroxyl groups is 1. The number of hydrogen-bond acceptors (Lipinski definition) is 4. The summed E-state index contributed by atoms with van der Waals surface area (Å²) in [6.07, 6.45) is 0.181. The molecule has 0 aliphatic heterocycles. The lowest BCUT2D eigenvalue weighted by molar-refractivity contribution is -0.142. The van der Waals surface area contributed by atoms with Crippen LogP contribution in [0.2, 0.25) is 0 Å². The Morgan fingerprint density at radius 2 is 2.08 bits per heavy atom. The van der Waals surface area contributed by atoms with Crippen LogP contribution < -0.4 is 5.32 Å². The Kier molecular flexibility index (Phi) is 6.00. The summed E-state index contributed by atoms with van der Waals surface area (Å²) in [6, 6.07) is 0. The fraction of sp³-hybridized carbons (Fsp3) is 0.714. The Balaban J connectivity index is 3.37. The van der Waals surface area contributed by atoms with Gasteiger partial charge in [0.2, 0.25) is 5.91 Å². The summed E-state index contributed by atoms with van der Waals surface area (Å²) < 4.78 is 4.34. The third kappa shape index (κ3) is 5.67. The Morgan fingerprint density at radius 3 is 2.58 bits per heavy atom. The molecule has 1 amide bonds. The van der Waals surface area contributed by atoms with Crippen LogP contribution in [-0.2, 0) is 14.3 Å². The molecule has 0 aliphatic carbocycles. The zero-order valence-electron chi connectivity index (χ0n) is 7.00. The number of nitrogens with one attached hydrogen (secondary N) is 1. The van der Waals surface area contributed by atoms with Gasteiger partial charge in [-0.2, -0.15) is 0 Å². The Morgan fingerprint density at radius 1 is 1.42 bits per heavy atom. The van der Waals surface area contributed by atoms with E-state index in [1.54, 1.807) is 0 Å². The van der Waals surface area contributed by atoms with E-state index in [0.717, 1.165) is 0 Å². The van der Waals surface area contributed by atoms with Crippen LogP contribution in [0.25, 0.3) is 0 Å². The van der Waals surface area contributed by atoms with E-state index in [1.807, 2.05) is 0 Å². The molecule has 0 spiro atoms. The number of esters is 1. The first-order chi connectivity index (χ1) is 5.70. The van der Waals surface area contributed by atoms with Crippen LogP contribution in [-0.4, -0.2) is 37.2 Å². The fourth-order valence-electron chi connectivity index (χ4n) is 0.601. The minimum absolute atomic E-state index is 0.0771. The van der Waals surface area contributed by atoms with Gasteiger partial charge in [-0.1, -0.05) is 0 Å². The molecule has 0 rings (SSSR count). The van der Waals surface area contributed by atoms with Crippen molar-refractivity contribution in [3.05, 3.63) is 0 Å². The second-order valence-electron chi connectivity index (χ2n) is 2.15. The zero-order valence-corrected chi connectivity index (χ0v) is 7.00. The molecule has 0 bridgehead atoms. The highest BCUT2D eigenvalue weighted by Crippen LogP contribution is 1.90. The average molecular weight is 175 g/mol. The maximum atomic E-state index is 10.8. The summed E-state index contributed by atoms with van der Waals surface area (Å²) in [5, 5.41) is 10.7. The SMILES string of the molecule is COC(=O)CCC(=O)NCCO. The standard InChI is InChI=1S/C7H13NO4/c1-12-7(11)3-2-6(10)8-4-5-9/h9H,2-5H2,1H3,(H,8,10). The van der Waals surface area contributed by atoms with Crippen molar-refractivity contribution in [3.8, 4) is 0 Å². The molecule has 70 valence electrons. The van der Waals surface area contributed by atoms with Gasteiger partial charge in [0, 0.05) is 13.0 Å². The summed E-state index contributed by atoms with van der Waals surface area (Å²) in [5.74, 6) is -0.663. The van der Waals surface area contributed by atoms with Gasteiger partial charge in [-0.15, -0.1) is 0 Å². The van der Waals surface area contributed by atoms with Gasteiger partial charge in [0.15, 0.2) is 0 Å². The molecule has 0 saturated carbocycles. The molecular weight excluding hydrogens is 162 g/mol. The summed E-state index contributed by atoms with van der Waals surface area (Å²) in [5.41, 5.74) is 0. The number of carbonyl (C=O) groups is 2. The first-order valence-corrected chi connectivity index (χ1v) is 3.65. The molecule has 0 radical (unpaired) electrons. The molecule has 0 atom stereocenters. The van der Waals surface area contributed by atoms with Gasteiger partial charge >= 0.3 is 5.97 Å². The first-order valence-electron chi connectivity index (χ1n) is 3.65. The summed E-state index contributed by atoms with van der Waals surface area (Å²) in [4.78, 5) is 21.3. The van der Waals surface area contributed by atoms with Crippen molar-refractivity contribution in [2.45, 2.75) is 12.8 Å². The first kappa shape index (κ1) is 10.9. The Labute approximate surface area is 70.7 Å². The molecule has 0 aliphatic rings. The van der Waals surface area contributed by atoms with Crippen molar-refractivity contribution in [1.29, 1.82) is 0 Å².